The molecule has 60 heavy (non-hydrogen) atoms. The molecule has 3 aliphatic heterocycles. The number of unbranched alkanes of at least 4 members (excludes halogenated alkanes) is 2. The molecule has 4 heterocycles. The van der Waals surface area contributed by atoms with E-state index >= 15 is 0 Å². The maximum atomic E-state index is 12.9. The van der Waals surface area contributed by atoms with Crippen LogP contribution in [0.25, 0.3) is 21.5 Å². The number of hydrogen-bond acceptors (Lipinski definition) is 9. The number of benzene rings is 4. The van der Waals surface area contributed by atoms with Gasteiger partial charge in [0.25, 0.3) is 0 Å². The van der Waals surface area contributed by atoms with E-state index in [-0.39, 0.29) is 29.1 Å². The number of fused-ring (bicyclic) bond motifs is 6. The highest BCUT2D eigenvalue weighted by Crippen LogP contribution is 2.51. The van der Waals surface area contributed by atoms with E-state index in [9.17, 15) is 25.2 Å². The van der Waals surface area contributed by atoms with Crippen LogP contribution in [0.5, 0.6) is 0 Å². The molecule has 12 nitrogen and oxygen atoms in total. The van der Waals surface area contributed by atoms with E-state index in [0.717, 1.165) is 19.4 Å². The minimum Gasteiger partial charge on any atom is -0.388 e. The zero-order chi connectivity index (χ0) is 42.3. The van der Waals surface area contributed by atoms with Crippen molar-refractivity contribution in [3.63, 3.8) is 0 Å². The van der Waals surface area contributed by atoms with Gasteiger partial charge in [-0.15, -0.1) is 5.10 Å². The van der Waals surface area contributed by atoms with E-state index < -0.39 is 30.7 Å². The molecule has 312 valence electrons. The molecule has 1 aromatic heterocycles. The molecular weight excluding hydrogens is 757 g/mol. The molecule has 5 unspecified atom stereocenters. The number of rotatable bonds is 12. The fourth-order valence-electron chi connectivity index (χ4n) is 9.48. The lowest BCUT2D eigenvalue weighted by atomic mass is 9.79. The Hall–Kier alpha value is -5.50. The molecule has 0 aliphatic carbocycles. The van der Waals surface area contributed by atoms with Gasteiger partial charge in [-0.1, -0.05) is 98.3 Å². The van der Waals surface area contributed by atoms with Gasteiger partial charge in [0.2, 0.25) is 11.6 Å². The van der Waals surface area contributed by atoms with Gasteiger partial charge in [-0.2, -0.15) is 4.58 Å². The molecule has 0 bridgehead atoms. The Morgan fingerprint density at radius 2 is 1.52 bits per heavy atom. The highest BCUT2D eigenvalue weighted by Gasteiger charge is 2.45. The summed E-state index contributed by atoms with van der Waals surface area (Å²) >= 11 is 0. The number of aliphatic hydroxyl groups excluding tert-OH is 4. The van der Waals surface area contributed by atoms with Gasteiger partial charge in [-0.05, 0) is 72.0 Å². The number of nitrogens with zero attached hydrogens (tertiary/aromatic N) is 5. The zero-order valence-corrected chi connectivity index (χ0v) is 34.9. The summed E-state index contributed by atoms with van der Waals surface area (Å²) in [6.45, 7) is 9.99. The minimum atomic E-state index is -1.65. The largest absolute Gasteiger partial charge is 0.388 e. The molecule has 0 spiro atoms. The van der Waals surface area contributed by atoms with Gasteiger partial charge in [-0.3, -0.25) is 4.79 Å². The van der Waals surface area contributed by atoms with E-state index in [1.807, 2.05) is 0 Å². The average Bonchev–Trinajstić information content (AvgIpc) is 3.82. The van der Waals surface area contributed by atoms with E-state index in [2.05, 4.69) is 163 Å². The van der Waals surface area contributed by atoms with Crippen LogP contribution in [0.15, 0.2) is 115 Å². The Labute approximate surface area is 350 Å². The number of carbonyl (C=O) groups excluding carboxylic acids is 1. The monoisotopic (exact) mass is 811 g/mol. The highest BCUT2D eigenvalue weighted by molar-refractivity contribution is 6.07. The number of carbonyl (C=O) groups is 1. The summed E-state index contributed by atoms with van der Waals surface area (Å²) in [5.74, 6) is 0.0500. The molecule has 12 heteroatoms. The molecule has 0 saturated carbocycles. The van der Waals surface area contributed by atoms with Crippen LogP contribution >= 0.6 is 0 Å². The second-order valence-electron chi connectivity index (χ2n) is 17.2. The van der Waals surface area contributed by atoms with Crippen molar-refractivity contribution < 1.29 is 34.5 Å². The van der Waals surface area contributed by atoms with Crippen molar-refractivity contribution in [3.05, 3.63) is 126 Å². The van der Waals surface area contributed by atoms with Crippen molar-refractivity contribution in [2.24, 2.45) is 0 Å². The van der Waals surface area contributed by atoms with E-state index in [0.29, 0.717) is 12.8 Å². The molecule has 5 aromatic rings. The number of aliphatic hydroxyl groups is 4. The molecule has 8 rings (SSSR count). The van der Waals surface area contributed by atoms with Crippen molar-refractivity contribution in [2.45, 2.75) is 101 Å². The molecule has 1 fully saturated rings. The molecular formula is C48H55N6O6+. The quantitative estimate of drug-likeness (QED) is 0.0548. The number of aromatic nitrogens is 3. The van der Waals surface area contributed by atoms with Gasteiger partial charge in [0.15, 0.2) is 17.8 Å². The van der Waals surface area contributed by atoms with Crippen molar-refractivity contribution >= 4 is 50.4 Å². The van der Waals surface area contributed by atoms with Gasteiger partial charge in [0.05, 0.1) is 18.2 Å². The van der Waals surface area contributed by atoms with Crippen LogP contribution in [0, 0.1) is 0 Å². The fourth-order valence-corrected chi connectivity index (χ4v) is 9.48. The first-order chi connectivity index (χ1) is 28.8. The molecule has 1 saturated heterocycles. The first-order valence-corrected chi connectivity index (χ1v) is 20.8. The van der Waals surface area contributed by atoms with Crippen molar-refractivity contribution in [2.75, 3.05) is 23.8 Å². The third-order valence-electron chi connectivity index (χ3n) is 12.5. The summed E-state index contributed by atoms with van der Waals surface area (Å²) in [6.07, 6.45) is 7.84. The van der Waals surface area contributed by atoms with Crippen LogP contribution in [0.3, 0.4) is 0 Å². The molecule has 4 aromatic carbocycles. The Bertz CT molecular complexity index is 2550. The van der Waals surface area contributed by atoms with Gasteiger partial charge in [-0.25, -0.2) is 4.68 Å². The van der Waals surface area contributed by atoms with Crippen molar-refractivity contribution in [3.8, 4) is 0 Å². The lowest BCUT2D eigenvalue weighted by Gasteiger charge is -2.38. The average molecular weight is 812 g/mol. The van der Waals surface area contributed by atoms with Gasteiger partial charge in [0.1, 0.15) is 31.5 Å². The van der Waals surface area contributed by atoms with Crippen LogP contribution < -0.4 is 10.2 Å². The first-order valence-electron chi connectivity index (χ1n) is 20.8. The smallest absolute Gasteiger partial charge is 0.225 e. The predicted octanol–water partition coefficient (Wildman–Crippen LogP) is 6.38. The van der Waals surface area contributed by atoms with E-state index in [1.54, 1.807) is 0 Å². The van der Waals surface area contributed by atoms with Gasteiger partial charge >= 0.3 is 0 Å². The summed E-state index contributed by atoms with van der Waals surface area (Å²) in [4.78, 5) is 15.3. The van der Waals surface area contributed by atoms with Crippen molar-refractivity contribution in [1.29, 1.82) is 0 Å². The van der Waals surface area contributed by atoms with Gasteiger partial charge < -0.3 is 35.4 Å². The van der Waals surface area contributed by atoms with Crippen LogP contribution in [0.4, 0.5) is 17.2 Å². The number of ether oxygens (including phenoxy) is 1. The maximum Gasteiger partial charge on any atom is 0.225 e. The molecule has 5 N–H and O–H groups in total. The summed E-state index contributed by atoms with van der Waals surface area (Å²) in [6, 6.07) is 26.1. The summed E-state index contributed by atoms with van der Waals surface area (Å²) in [5, 5.41) is 55.6. The summed E-state index contributed by atoms with van der Waals surface area (Å²) in [7, 11) is 2.16. The van der Waals surface area contributed by atoms with Crippen LogP contribution in [0.1, 0.15) is 64.5 Å². The lowest BCUT2D eigenvalue weighted by Crippen LogP contribution is -2.58. The third kappa shape index (κ3) is 7.58. The minimum absolute atomic E-state index is 0.0530. The molecule has 3 aliphatic rings. The van der Waals surface area contributed by atoms with Crippen LogP contribution in [-0.2, 0) is 26.9 Å². The summed E-state index contributed by atoms with van der Waals surface area (Å²) in [5.41, 5.74) is 7.25. The Kier molecular flexibility index (Phi) is 11.4. The fraction of sp³-hybridized carbons (Fsp3) is 0.375. The molecule has 5 atom stereocenters. The standard InChI is InChI=1S/C48H54N6O6/c1-47(2)37(52(5)34-25-23-30-16-11-13-18-32(30)41(34)47)20-8-6-9-21-38-48(3,4)42-33-19-14-12-17-31(33)24-26-35(42)54(38)27-15-7-10-22-40(55)49-39-29-53(51-50-39)28-36-43(56)44(57)45(58)46(59)60-36/h6,8-9,11-14,16-21,23-26,29,36,43-46,56-59H,7,10,15,22,27-28H2,1-5H3/p+1. The second-order valence-corrected chi connectivity index (χ2v) is 17.2. The Morgan fingerprint density at radius 3 is 2.27 bits per heavy atom. The SMILES string of the molecule is C[N+]1=C(C=CC=CC=C2N(CCCCCC(=O)Nc3cn(CC4OC(O)C(O)C(O)C4O)nn3)c3ccc4ccccc4c3C2(C)C)C(C)(C)c2c1ccc1ccccc21. The van der Waals surface area contributed by atoms with E-state index in [4.69, 9.17) is 4.74 Å². The summed E-state index contributed by atoms with van der Waals surface area (Å²) < 4.78 is 8.88. The van der Waals surface area contributed by atoms with Gasteiger partial charge in [0, 0.05) is 47.5 Å². The highest BCUT2D eigenvalue weighted by atomic mass is 16.6. The Morgan fingerprint density at radius 1 is 0.817 bits per heavy atom. The number of hydrogen-bond donors (Lipinski definition) is 5. The first kappa shape index (κ1) is 41.2. The number of nitrogens with one attached hydrogen (secondary N) is 1. The van der Waals surface area contributed by atoms with E-state index in [1.165, 1.54) is 66.3 Å². The molecule has 0 radical (unpaired) electrons. The third-order valence-corrected chi connectivity index (χ3v) is 12.5. The zero-order valence-electron chi connectivity index (χ0n) is 34.9. The number of allylic oxidation sites excluding steroid dienone is 6. The second kappa shape index (κ2) is 16.5. The number of anilines is 2. The number of amides is 1. The Balaban J connectivity index is 0.916. The topological polar surface area (TPSA) is 156 Å². The predicted molar refractivity (Wildman–Crippen MR) is 235 cm³/mol. The van der Waals surface area contributed by atoms with Crippen LogP contribution in [-0.4, -0.2) is 95.9 Å². The molecule has 1 amide bonds. The lowest BCUT2D eigenvalue weighted by molar-refractivity contribution is -0.401. The van der Waals surface area contributed by atoms with Crippen LogP contribution in [0.2, 0.25) is 0 Å². The maximum absolute atomic E-state index is 12.9. The normalized spacial score (nSPS) is 24.1. The van der Waals surface area contributed by atoms with Crippen molar-refractivity contribution in [1.82, 2.24) is 15.0 Å².